The number of rotatable bonds is 3. The smallest absolute Gasteiger partial charge is 0.246 e. The van der Waals surface area contributed by atoms with Crippen LogP contribution in [0.25, 0.3) is 0 Å². The standard InChI is InChI=1S/C9H15NO/c1-7(2)9(11)10-6-8-4-3-5-8/h8H,1,3-6H2,2H3,(H,10,11). The minimum Gasteiger partial charge on any atom is -0.352 e. The van der Waals surface area contributed by atoms with Crippen molar-refractivity contribution in [3.05, 3.63) is 12.2 Å². The summed E-state index contributed by atoms with van der Waals surface area (Å²) in [6.07, 6.45) is 3.88. The minimum atomic E-state index is -0.00287. The normalized spacial score (nSPS) is 17.2. The molecule has 62 valence electrons. The fourth-order valence-electron chi connectivity index (χ4n) is 1.08. The average molecular weight is 153 g/mol. The van der Waals surface area contributed by atoms with Gasteiger partial charge in [0.25, 0.3) is 0 Å². The van der Waals surface area contributed by atoms with Gasteiger partial charge in [0, 0.05) is 12.1 Å². The van der Waals surface area contributed by atoms with Gasteiger partial charge in [-0.1, -0.05) is 13.0 Å². The predicted molar refractivity (Wildman–Crippen MR) is 45.2 cm³/mol. The van der Waals surface area contributed by atoms with E-state index in [1.54, 1.807) is 6.92 Å². The molecule has 1 rings (SSSR count). The highest BCUT2D eigenvalue weighted by atomic mass is 16.1. The molecule has 0 bridgehead atoms. The second-order valence-corrected chi connectivity index (χ2v) is 3.29. The quantitative estimate of drug-likeness (QED) is 0.611. The first-order valence-electron chi connectivity index (χ1n) is 4.14. The van der Waals surface area contributed by atoms with Crippen molar-refractivity contribution < 1.29 is 4.79 Å². The summed E-state index contributed by atoms with van der Waals surface area (Å²) in [7, 11) is 0. The number of amides is 1. The van der Waals surface area contributed by atoms with Crippen molar-refractivity contribution in [3.63, 3.8) is 0 Å². The van der Waals surface area contributed by atoms with Crippen LogP contribution in [-0.2, 0) is 4.79 Å². The van der Waals surface area contributed by atoms with Gasteiger partial charge in [-0.05, 0) is 25.7 Å². The van der Waals surface area contributed by atoms with Crippen molar-refractivity contribution in [1.29, 1.82) is 0 Å². The topological polar surface area (TPSA) is 29.1 Å². The summed E-state index contributed by atoms with van der Waals surface area (Å²) in [4.78, 5) is 11.0. The largest absolute Gasteiger partial charge is 0.352 e. The van der Waals surface area contributed by atoms with Gasteiger partial charge in [-0.25, -0.2) is 0 Å². The van der Waals surface area contributed by atoms with E-state index in [9.17, 15) is 4.79 Å². The molecule has 1 amide bonds. The van der Waals surface area contributed by atoms with Gasteiger partial charge >= 0.3 is 0 Å². The van der Waals surface area contributed by atoms with Crippen molar-refractivity contribution in [2.24, 2.45) is 5.92 Å². The second-order valence-electron chi connectivity index (χ2n) is 3.29. The van der Waals surface area contributed by atoms with Crippen LogP contribution in [0.4, 0.5) is 0 Å². The summed E-state index contributed by atoms with van der Waals surface area (Å²) in [6, 6.07) is 0. The van der Waals surface area contributed by atoms with Crippen LogP contribution in [-0.4, -0.2) is 12.5 Å². The molecule has 11 heavy (non-hydrogen) atoms. The molecular weight excluding hydrogens is 138 g/mol. The zero-order valence-electron chi connectivity index (χ0n) is 7.02. The molecular formula is C9H15NO. The average Bonchev–Trinajstić information content (AvgIpc) is 1.83. The summed E-state index contributed by atoms with van der Waals surface area (Å²) in [5.74, 6) is 0.732. The van der Waals surface area contributed by atoms with Gasteiger partial charge in [0.05, 0.1) is 0 Å². The third-order valence-corrected chi connectivity index (χ3v) is 2.16. The lowest BCUT2D eigenvalue weighted by Crippen LogP contribution is -2.32. The second kappa shape index (κ2) is 3.56. The molecule has 1 saturated carbocycles. The van der Waals surface area contributed by atoms with Crippen LogP contribution in [0.3, 0.4) is 0 Å². The van der Waals surface area contributed by atoms with Crippen molar-refractivity contribution in [2.45, 2.75) is 26.2 Å². The van der Waals surface area contributed by atoms with Gasteiger partial charge in [0.2, 0.25) is 5.91 Å². The Balaban J connectivity index is 2.10. The molecule has 1 aliphatic rings. The highest BCUT2D eigenvalue weighted by Crippen LogP contribution is 2.25. The Bertz CT molecular complexity index is 170. The maximum atomic E-state index is 11.0. The molecule has 2 nitrogen and oxygen atoms in total. The highest BCUT2D eigenvalue weighted by molar-refractivity contribution is 5.92. The van der Waals surface area contributed by atoms with Gasteiger partial charge in [-0.3, -0.25) is 4.79 Å². The molecule has 0 aliphatic heterocycles. The van der Waals surface area contributed by atoms with Crippen LogP contribution in [0.1, 0.15) is 26.2 Å². The van der Waals surface area contributed by atoms with Crippen molar-refractivity contribution in [3.8, 4) is 0 Å². The van der Waals surface area contributed by atoms with Crippen molar-refractivity contribution in [1.82, 2.24) is 5.32 Å². The molecule has 1 N–H and O–H groups in total. The van der Waals surface area contributed by atoms with Crippen molar-refractivity contribution in [2.75, 3.05) is 6.54 Å². The molecule has 2 heteroatoms. The SMILES string of the molecule is C=C(C)C(=O)NCC1CCC1. The first-order valence-corrected chi connectivity index (χ1v) is 4.14. The number of carbonyl (C=O) groups excluding carboxylic acids is 1. The van der Waals surface area contributed by atoms with Crippen LogP contribution >= 0.6 is 0 Å². The molecule has 0 heterocycles. The lowest BCUT2D eigenvalue weighted by molar-refractivity contribution is -0.117. The van der Waals surface area contributed by atoms with Crippen molar-refractivity contribution >= 4 is 5.91 Å². The Morgan fingerprint density at radius 3 is 2.64 bits per heavy atom. The Labute approximate surface area is 67.7 Å². The Kier molecular flexibility index (Phi) is 2.69. The molecule has 0 aromatic carbocycles. The van der Waals surface area contributed by atoms with Crippen LogP contribution in [0.15, 0.2) is 12.2 Å². The van der Waals surface area contributed by atoms with Crippen LogP contribution in [0.5, 0.6) is 0 Å². The van der Waals surface area contributed by atoms with Gasteiger partial charge in [0.15, 0.2) is 0 Å². The van der Waals surface area contributed by atoms with E-state index in [0.717, 1.165) is 12.5 Å². The number of carbonyl (C=O) groups is 1. The van der Waals surface area contributed by atoms with Gasteiger partial charge in [-0.2, -0.15) is 0 Å². The summed E-state index contributed by atoms with van der Waals surface area (Å²) in [5.41, 5.74) is 0.601. The lowest BCUT2D eigenvalue weighted by atomic mass is 9.85. The Morgan fingerprint density at radius 1 is 1.64 bits per heavy atom. The number of hydrogen-bond donors (Lipinski definition) is 1. The molecule has 0 saturated heterocycles. The van der Waals surface area contributed by atoms with Crippen LogP contribution < -0.4 is 5.32 Å². The molecule has 0 aromatic rings. The fourth-order valence-corrected chi connectivity index (χ4v) is 1.08. The van der Waals surface area contributed by atoms with Crippen LogP contribution in [0.2, 0.25) is 0 Å². The molecule has 0 radical (unpaired) electrons. The van der Waals surface area contributed by atoms with E-state index < -0.39 is 0 Å². The highest BCUT2D eigenvalue weighted by Gasteiger charge is 2.17. The van der Waals surface area contributed by atoms with Crippen LogP contribution in [0, 0.1) is 5.92 Å². The summed E-state index contributed by atoms with van der Waals surface area (Å²) >= 11 is 0. The summed E-state index contributed by atoms with van der Waals surface area (Å²) in [5, 5.41) is 2.85. The van der Waals surface area contributed by atoms with E-state index in [-0.39, 0.29) is 5.91 Å². The first-order chi connectivity index (χ1) is 5.20. The zero-order valence-corrected chi connectivity index (χ0v) is 7.02. The molecule has 0 aromatic heterocycles. The van der Waals surface area contributed by atoms with E-state index >= 15 is 0 Å². The van der Waals surface area contributed by atoms with Gasteiger partial charge in [0.1, 0.15) is 0 Å². The minimum absolute atomic E-state index is 0.00287. The lowest BCUT2D eigenvalue weighted by Gasteiger charge is -2.25. The molecule has 0 spiro atoms. The van der Waals surface area contributed by atoms with E-state index in [2.05, 4.69) is 11.9 Å². The third kappa shape index (κ3) is 2.37. The van der Waals surface area contributed by atoms with E-state index in [1.165, 1.54) is 19.3 Å². The Hall–Kier alpha value is -0.790. The fraction of sp³-hybridized carbons (Fsp3) is 0.667. The summed E-state index contributed by atoms with van der Waals surface area (Å²) in [6.45, 7) is 6.14. The Morgan fingerprint density at radius 2 is 2.27 bits per heavy atom. The predicted octanol–water partition coefficient (Wildman–Crippen LogP) is 1.48. The third-order valence-electron chi connectivity index (χ3n) is 2.16. The maximum absolute atomic E-state index is 11.0. The molecule has 0 atom stereocenters. The van der Waals surface area contributed by atoms with Gasteiger partial charge < -0.3 is 5.32 Å². The number of nitrogens with one attached hydrogen (secondary N) is 1. The molecule has 1 fully saturated rings. The van der Waals surface area contributed by atoms with E-state index in [0.29, 0.717) is 5.57 Å². The summed E-state index contributed by atoms with van der Waals surface area (Å²) < 4.78 is 0. The number of hydrogen-bond acceptors (Lipinski definition) is 1. The zero-order chi connectivity index (χ0) is 8.27. The van der Waals surface area contributed by atoms with E-state index in [4.69, 9.17) is 0 Å². The first kappa shape index (κ1) is 8.31. The molecule has 1 aliphatic carbocycles. The molecule has 0 unspecified atom stereocenters. The maximum Gasteiger partial charge on any atom is 0.246 e. The monoisotopic (exact) mass is 153 g/mol. The van der Waals surface area contributed by atoms with Gasteiger partial charge in [-0.15, -0.1) is 0 Å². The van der Waals surface area contributed by atoms with E-state index in [1.807, 2.05) is 0 Å².